The minimum atomic E-state index is -0.335. The molecule has 0 aromatic heterocycles. The number of anilines is 1. The molecule has 0 spiro atoms. The van der Waals surface area contributed by atoms with Crippen LogP contribution in [0.2, 0.25) is 5.02 Å². The molecule has 0 radical (unpaired) electrons. The van der Waals surface area contributed by atoms with E-state index >= 15 is 0 Å². The number of hydrogen-bond acceptors (Lipinski definition) is 2. The number of nitrogens with two attached hydrogens (primary N) is 1. The van der Waals surface area contributed by atoms with Gasteiger partial charge < -0.3 is 16.0 Å². The summed E-state index contributed by atoms with van der Waals surface area (Å²) in [6.07, 6.45) is 1.78. The summed E-state index contributed by atoms with van der Waals surface area (Å²) in [5, 5.41) is 4.22. The van der Waals surface area contributed by atoms with Gasteiger partial charge in [-0.05, 0) is 53.4 Å². The van der Waals surface area contributed by atoms with Gasteiger partial charge in [-0.25, -0.2) is 4.79 Å². The number of benzene rings is 1. The molecule has 6 heteroatoms. The second-order valence-electron chi connectivity index (χ2n) is 4.83. The van der Waals surface area contributed by atoms with E-state index in [1.54, 1.807) is 4.90 Å². The molecule has 104 valence electrons. The molecule has 0 unspecified atom stereocenters. The van der Waals surface area contributed by atoms with Gasteiger partial charge in [-0.2, -0.15) is 0 Å². The number of carbonyl (C=O) groups is 1. The van der Waals surface area contributed by atoms with E-state index in [1.165, 1.54) is 0 Å². The van der Waals surface area contributed by atoms with Crippen LogP contribution in [0.3, 0.4) is 0 Å². The Morgan fingerprint density at radius 2 is 2.11 bits per heavy atom. The van der Waals surface area contributed by atoms with Crippen molar-refractivity contribution < 1.29 is 4.79 Å². The maximum Gasteiger partial charge on any atom is 0.314 e. The third-order valence-electron chi connectivity index (χ3n) is 3.41. The summed E-state index contributed by atoms with van der Waals surface area (Å²) in [7, 11) is 0. The number of rotatable bonds is 2. The number of aryl methyl sites for hydroxylation is 1. The molecule has 0 atom stereocenters. The molecule has 1 aliphatic heterocycles. The van der Waals surface area contributed by atoms with Gasteiger partial charge in [-0.15, -0.1) is 0 Å². The number of nitrogens with one attached hydrogen (secondary N) is 1. The van der Waals surface area contributed by atoms with Crippen molar-refractivity contribution in [1.29, 1.82) is 0 Å². The molecule has 19 heavy (non-hydrogen) atoms. The minimum Gasteiger partial charge on any atom is -0.381 e. The topological polar surface area (TPSA) is 58.4 Å². The van der Waals surface area contributed by atoms with Gasteiger partial charge in [-0.3, -0.25) is 0 Å². The normalized spacial score (nSPS) is 16.5. The van der Waals surface area contributed by atoms with E-state index in [1.807, 2.05) is 19.1 Å². The molecule has 1 heterocycles. The van der Waals surface area contributed by atoms with Crippen LogP contribution in [-0.2, 0) is 0 Å². The minimum absolute atomic E-state index is 0.335. The Hall–Kier alpha value is -0.940. The summed E-state index contributed by atoms with van der Waals surface area (Å²) in [4.78, 5) is 12.7. The number of halogens is 2. The lowest BCUT2D eigenvalue weighted by Gasteiger charge is -2.32. The zero-order valence-corrected chi connectivity index (χ0v) is 13.1. The van der Waals surface area contributed by atoms with E-state index in [0.717, 1.165) is 33.6 Å². The largest absolute Gasteiger partial charge is 0.381 e. The maximum absolute atomic E-state index is 11.1. The summed E-state index contributed by atoms with van der Waals surface area (Å²) in [5.74, 6) is 0. The van der Waals surface area contributed by atoms with Gasteiger partial charge in [0, 0.05) is 28.6 Å². The number of primary amides is 1. The lowest BCUT2D eigenvalue weighted by atomic mass is 10.0. The number of nitrogens with zero attached hydrogens (tertiary/aromatic N) is 1. The standard InChI is InChI=1S/C13H17BrClN3O/c1-8-6-10(14)12(7-11(8)15)17-9-2-4-18(5-3-9)13(16)19/h6-7,9,17H,2-5H2,1H3,(H2,16,19). The molecule has 2 amide bonds. The molecule has 1 saturated heterocycles. The van der Waals surface area contributed by atoms with Gasteiger partial charge in [0.05, 0.1) is 5.69 Å². The molecule has 0 bridgehead atoms. The van der Waals surface area contributed by atoms with E-state index in [4.69, 9.17) is 17.3 Å². The predicted octanol–water partition coefficient (Wildman–Crippen LogP) is 3.37. The highest BCUT2D eigenvalue weighted by Crippen LogP contribution is 2.30. The Kier molecular flexibility index (Phi) is 4.58. The van der Waals surface area contributed by atoms with Crippen LogP contribution in [0.1, 0.15) is 18.4 Å². The molecule has 3 N–H and O–H groups in total. The van der Waals surface area contributed by atoms with Crippen molar-refractivity contribution in [3.05, 3.63) is 27.2 Å². The first kappa shape index (κ1) is 14.5. The summed E-state index contributed by atoms with van der Waals surface area (Å²) in [6, 6.07) is 3.94. The van der Waals surface area contributed by atoms with Gasteiger partial charge in [0.15, 0.2) is 0 Å². The van der Waals surface area contributed by atoms with Crippen molar-refractivity contribution in [1.82, 2.24) is 4.90 Å². The van der Waals surface area contributed by atoms with Crippen LogP contribution in [0.25, 0.3) is 0 Å². The highest BCUT2D eigenvalue weighted by molar-refractivity contribution is 9.10. The summed E-state index contributed by atoms with van der Waals surface area (Å²) in [5.41, 5.74) is 7.31. The fraction of sp³-hybridized carbons (Fsp3) is 0.462. The van der Waals surface area contributed by atoms with Crippen LogP contribution < -0.4 is 11.1 Å². The molecule has 1 aromatic rings. The zero-order valence-electron chi connectivity index (χ0n) is 10.7. The first-order valence-electron chi connectivity index (χ1n) is 6.24. The Balaban J connectivity index is 1.99. The number of piperidine rings is 1. The monoisotopic (exact) mass is 345 g/mol. The van der Waals surface area contributed by atoms with Gasteiger partial charge in [0.2, 0.25) is 0 Å². The van der Waals surface area contributed by atoms with Crippen molar-refractivity contribution in [2.75, 3.05) is 18.4 Å². The molecule has 4 nitrogen and oxygen atoms in total. The lowest BCUT2D eigenvalue weighted by Crippen LogP contribution is -2.44. The van der Waals surface area contributed by atoms with Crippen LogP contribution in [0.15, 0.2) is 16.6 Å². The average Bonchev–Trinajstić information content (AvgIpc) is 2.36. The molecule has 0 aliphatic carbocycles. The Labute approximate surface area is 126 Å². The molecule has 1 aliphatic rings. The van der Waals surface area contributed by atoms with Crippen molar-refractivity contribution >= 4 is 39.2 Å². The Bertz CT molecular complexity index is 487. The van der Waals surface area contributed by atoms with E-state index in [0.29, 0.717) is 19.1 Å². The molecular weight excluding hydrogens is 330 g/mol. The smallest absolute Gasteiger partial charge is 0.314 e. The van der Waals surface area contributed by atoms with E-state index < -0.39 is 0 Å². The van der Waals surface area contributed by atoms with E-state index in [9.17, 15) is 4.79 Å². The maximum atomic E-state index is 11.1. The molecule has 2 rings (SSSR count). The summed E-state index contributed by atoms with van der Waals surface area (Å²) in [6.45, 7) is 3.37. The van der Waals surface area contributed by atoms with Gasteiger partial charge in [-0.1, -0.05) is 11.6 Å². The summed E-state index contributed by atoms with van der Waals surface area (Å²) >= 11 is 9.68. The van der Waals surface area contributed by atoms with Crippen LogP contribution in [0.5, 0.6) is 0 Å². The highest BCUT2D eigenvalue weighted by Gasteiger charge is 2.21. The number of urea groups is 1. The first-order chi connectivity index (χ1) is 8.97. The van der Waals surface area contributed by atoms with Crippen LogP contribution in [0, 0.1) is 6.92 Å². The fourth-order valence-corrected chi connectivity index (χ4v) is 2.96. The quantitative estimate of drug-likeness (QED) is 0.862. The number of hydrogen-bond donors (Lipinski definition) is 2. The fourth-order valence-electron chi connectivity index (χ4n) is 2.22. The van der Waals surface area contributed by atoms with Gasteiger partial charge >= 0.3 is 6.03 Å². The lowest BCUT2D eigenvalue weighted by molar-refractivity contribution is 0.193. The Morgan fingerprint density at radius 3 is 2.68 bits per heavy atom. The second-order valence-corrected chi connectivity index (χ2v) is 6.09. The van der Waals surface area contributed by atoms with Crippen molar-refractivity contribution in [3.63, 3.8) is 0 Å². The van der Waals surface area contributed by atoms with E-state index in [2.05, 4.69) is 21.2 Å². The number of amides is 2. The first-order valence-corrected chi connectivity index (χ1v) is 7.41. The molecular formula is C13H17BrClN3O. The third kappa shape index (κ3) is 3.54. The average molecular weight is 347 g/mol. The van der Waals surface area contributed by atoms with Crippen LogP contribution in [0.4, 0.5) is 10.5 Å². The van der Waals surface area contributed by atoms with Gasteiger partial charge in [0.1, 0.15) is 0 Å². The zero-order chi connectivity index (χ0) is 14.0. The van der Waals surface area contributed by atoms with Crippen LogP contribution in [-0.4, -0.2) is 30.1 Å². The summed E-state index contributed by atoms with van der Waals surface area (Å²) < 4.78 is 1.01. The second kappa shape index (κ2) is 6.01. The van der Waals surface area contributed by atoms with Crippen LogP contribution >= 0.6 is 27.5 Å². The molecule has 1 aromatic carbocycles. The number of carbonyl (C=O) groups excluding carboxylic acids is 1. The highest BCUT2D eigenvalue weighted by atomic mass is 79.9. The third-order valence-corrected chi connectivity index (χ3v) is 4.48. The van der Waals surface area contributed by atoms with Crippen molar-refractivity contribution in [2.24, 2.45) is 5.73 Å². The van der Waals surface area contributed by atoms with Gasteiger partial charge in [0.25, 0.3) is 0 Å². The Morgan fingerprint density at radius 1 is 1.47 bits per heavy atom. The number of likely N-dealkylation sites (tertiary alicyclic amines) is 1. The molecule has 0 saturated carbocycles. The van der Waals surface area contributed by atoms with E-state index in [-0.39, 0.29) is 6.03 Å². The molecule has 1 fully saturated rings. The predicted molar refractivity (Wildman–Crippen MR) is 81.7 cm³/mol. The van der Waals surface area contributed by atoms with Crippen molar-refractivity contribution in [3.8, 4) is 0 Å². The SMILES string of the molecule is Cc1cc(Br)c(NC2CCN(C(N)=O)CC2)cc1Cl. The van der Waals surface area contributed by atoms with Crippen molar-refractivity contribution in [2.45, 2.75) is 25.8 Å².